The number of nitrogens with two attached hydrogens (primary N) is 1. The van der Waals surface area contributed by atoms with E-state index in [1.807, 2.05) is 31.2 Å². The number of nitrogens with zero attached hydrogens (tertiary/aromatic N) is 2. The Morgan fingerprint density at radius 1 is 1.27 bits per heavy atom. The molecule has 1 saturated heterocycles. The molecule has 0 saturated carbocycles. The first kappa shape index (κ1) is 20.1. The van der Waals surface area contributed by atoms with Crippen LogP contribution in [0.2, 0.25) is 5.02 Å². The van der Waals surface area contributed by atoms with Crippen molar-refractivity contribution in [2.45, 2.75) is 19.4 Å². The second-order valence-corrected chi connectivity index (χ2v) is 6.64. The molecule has 0 radical (unpaired) electrons. The van der Waals surface area contributed by atoms with Gasteiger partial charge >= 0.3 is 0 Å². The summed E-state index contributed by atoms with van der Waals surface area (Å²) in [6, 6.07) is 11.9. The standard InChI is InChI=1S/C19H20ClN3O2.ClH/c1-12-7-8-13(21)11-14(12)18(24)22(2)17-9-10-23(19(17)25)16-6-4-3-5-15(16)20;/h3-8,11,17H,9-10,21H2,1-2H3;1H. The molecule has 2 N–H and O–H groups in total. The van der Waals surface area contributed by atoms with Crippen molar-refractivity contribution in [1.82, 2.24) is 4.90 Å². The van der Waals surface area contributed by atoms with Crippen LogP contribution in [0.3, 0.4) is 0 Å². The maximum atomic E-state index is 12.8. The van der Waals surface area contributed by atoms with Gasteiger partial charge in [0, 0.05) is 24.8 Å². The molecule has 7 heteroatoms. The zero-order chi connectivity index (χ0) is 18.1. The first-order chi connectivity index (χ1) is 11.9. The third kappa shape index (κ3) is 3.64. The lowest BCUT2D eigenvalue weighted by Gasteiger charge is -2.25. The Bertz CT molecular complexity index is 841. The van der Waals surface area contributed by atoms with E-state index in [4.69, 9.17) is 17.3 Å². The second-order valence-electron chi connectivity index (χ2n) is 6.24. The number of aryl methyl sites for hydroxylation is 1. The zero-order valence-corrected chi connectivity index (χ0v) is 16.2. The summed E-state index contributed by atoms with van der Waals surface area (Å²) >= 11 is 6.21. The van der Waals surface area contributed by atoms with Gasteiger partial charge < -0.3 is 15.5 Å². The first-order valence-corrected chi connectivity index (χ1v) is 8.47. The molecule has 0 bridgehead atoms. The van der Waals surface area contributed by atoms with Gasteiger partial charge in [0.25, 0.3) is 5.91 Å². The quantitative estimate of drug-likeness (QED) is 0.810. The predicted molar refractivity (Wildman–Crippen MR) is 107 cm³/mol. The molecular formula is C19H21Cl2N3O2. The van der Waals surface area contributed by atoms with Crippen LogP contribution >= 0.6 is 24.0 Å². The summed E-state index contributed by atoms with van der Waals surface area (Å²) in [6.07, 6.45) is 0.563. The van der Waals surface area contributed by atoms with Crippen molar-refractivity contribution >= 4 is 47.2 Å². The van der Waals surface area contributed by atoms with Gasteiger partial charge in [0.1, 0.15) is 6.04 Å². The van der Waals surface area contributed by atoms with E-state index in [9.17, 15) is 9.59 Å². The molecule has 1 atom stereocenters. The van der Waals surface area contributed by atoms with Gasteiger partial charge in [0.2, 0.25) is 5.91 Å². The van der Waals surface area contributed by atoms with Crippen molar-refractivity contribution in [3.8, 4) is 0 Å². The van der Waals surface area contributed by atoms with Crippen LogP contribution in [-0.4, -0.2) is 36.3 Å². The molecule has 3 rings (SSSR count). The van der Waals surface area contributed by atoms with Gasteiger partial charge in [-0.05, 0) is 43.2 Å². The van der Waals surface area contributed by atoms with Crippen LogP contribution < -0.4 is 10.6 Å². The number of hydrogen-bond donors (Lipinski definition) is 1. The molecule has 0 spiro atoms. The van der Waals surface area contributed by atoms with Crippen LogP contribution in [0.5, 0.6) is 0 Å². The third-order valence-electron chi connectivity index (χ3n) is 4.60. The fourth-order valence-corrected chi connectivity index (χ4v) is 3.37. The number of halogens is 2. The Morgan fingerprint density at radius 2 is 1.96 bits per heavy atom. The summed E-state index contributed by atoms with van der Waals surface area (Å²) in [6.45, 7) is 2.38. The highest BCUT2D eigenvalue weighted by Crippen LogP contribution is 2.30. The summed E-state index contributed by atoms with van der Waals surface area (Å²) in [5.41, 5.74) is 8.36. The van der Waals surface area contributed by atoms with Gasteiger partial charge in [-0.25, -0.2) is 0 Å². The summed E-state index contributed by atoms with van der Waals surface area (Å²) in [7, 11) is 1.66. The second kappa shape index (κ2) is 7.98. The smallest absolute Gasteiger partial charge is 0.254 e. The van der Waals surface area contributed by atoms with E-state index in [-0.39, 0.29) is 24.2 Å². The molecule has 2 amide bonds. The zero-order valence-electron chi connectivity index (χ0n) is 14.6. The fraction of sp³-hybridized carbons (Fsp3) is 0.263. The number of amides is 2. The number of para-hydroxylation sites is 1. The Morgan fingerprint density at radius 3 is 2.65 bits per heavy atom. The van der Waals surface area contributed by atoms with Gasteiger partial charge in [-0.3, -0.25) is 9.59 Å². The van der Waals surface area contributed by atoms with Crippen LogP contribution in [0.25, 0.3) is 0 Å². The molecule has 2 aromatic carbocycles. The predicted octanol–water partition coefficient (Wildman–Crippen LogP) is 3.53. The number of likely N-dealkylation sites (N-methyl/N-ethyl adjacent to an activating group) is 1. The average Bonchev–Trinajstić information content (AvgIpc) is 2.97. The third-order valence-corrected chi connectivity index (χ3v) is 4.92. The monoisotopic (exact) mass is 393 g/mol. The topological polar surface area (TPSA) is 66.6 Å². The number of hydrogen-bond acceptors (Lipinski definition) is 3. The van der Waals surface area contributed by atoms with Crippen LogP contribution in [0, 0.1) is 6.92 Å². The largest absolute Gasteiger partial charge is 0.399 e. The fourth-order valence-electron chi connectivity index (χ4n) is 3.14. The highest BCUT2D eigenvalue weighted by molar-refractivity contribution is 6.34. The van der Waals surface area contributed by atoms with Crippen LogP contribution in [0.15, 0.2) is 42.5 Å². The lowest BCUT2D eigenvalue weighted by Crippen LogP contribution is -2.43. The van der Waals surface area contributed by atoms with E-state index in [0.29, 0.717) is 34.9 Å². The maximum absolute atomic E-state index is 12.8. The van der Waals surface area contributed by atoms with Crippen molar-refractivity contribution < 1.29 is 9.59 Å². The summed E-state index contributed by atoms with van der Waals surface area (Å²) in [5, 5.41) is 0.525. The van der Waals surface area contributed by atoms with E-state index in [1.54, 1.807) is 30.1 Å². The number of anilines is 2. The molecule has 1 aliphatic heterocycles. The van der Waals surface area contributed by atoms with Crippen molar-refractivity contribution in [2.24, 2.45) is 0 Å². The Balaban J connectivity index is 0.00000243. The molecule has 1 heterocycles. The van der Waals surface area contributed by atoms with Crippen LogP contribution in [0.1, 0.15) is 22.3 Å². The Kier molecular flexibility index (Phi) is 6.16. The average molecular weight is 394 g/mol. The highest BCUT2D eigenvalue weighted by atomic mass is 35.5. The van der Waals surface area contributed by atoms with Crippen molar-refractivity contribution in [1.29, 1.82) is 0 Å². The number of carbonyl (C=O) groups is 2. The van der Waals surface area contributed by atoms with Crippen molar-refractivity contribution in [3.63, 3.8) is 0 Å². The number of benzene rings is 2. The normalized spacial score (nSPS) is 16.3. The molecular weight excluding hydrogens is 373 g/mol. The molecule has 1 aliphatic rings. The lowest BCUT2D eigenvalue weighted by molar-refractivity contribution is -0.120. The van der Waals surface area contributed by atoms with Gasteiger partial charge in [0.15, 0.2) is 0 Å². The SMILES string of the molecule is Cc1ccc(N)cc1C(=O)N(C)C1CCN(c2ccccc2Cl)C1=O.Cl. The minimum absolute atomic E-state index is 0. The minimum Gasteiger partial charge on any atom is -0.399 e. The van der Waals surface area contributed by atoms with E-state index in [1.165, 1.54) is 4.90 Å². The number of rotatable bonds is 3. The van der Waals surface area contributed by atoms with Crippen LogP contribution in [-0.2, 0) is 4.79 Å². The van der Waals surface area contributed by atoms with Gasteiger partial charge in [-0.15, -0.1) is 12.4 Å². The summed E-state index contributed by atoms with van der Waals surface area (Å²) in [4.78, 5) is 28.8. The lowest BCUT2D eigenvalue weighted by atomic mass is 10.1. The van der Waals surface area contributed by atoms with Crippen molar-refractivity contribution in [2.75, 3.05) is 24.2 Å². The number of nitrogen functional groups attached to an aromatic ring is 1. The van der Waals surface area contributed by atoms with E-state index in [0.717, 1.165) is 5.56 Å². The van der Waals surface area contributed by atoms with E-state index in [2.05, 4.69) is 0 Å². The Hall–Kier alpha value is -2.24. The minimum atomic E-state index is -0.510. The van der Waals surface area contributed by atoms with Crippen LogP contribution in [0.4, 0.5) is 11.4 Å². The number of carbonyl (C=O) groups excluding carboxylic acids is 2. The highest BCUT2D eigenvalue weighted by Gasteiger charge is 2.38. The molecule has 1 fully saturated rings. The molecule has 0 aliphatic carbocycles. The molecule has 2 aromatic rings. The first-order valence-electron chi connectivity index (χ1n) is 8.09. The molecule has 5 nitrogen and oxygen atoms in total. The molecule has 26 heavy (non-hydrogen) atoms. The molecule has 138 valence electrons. The summed E-state index contributed by atoms with van der Waals surface area (Å²) < 4.78 is 0. The van der Waals surface area contributed by atoms with Crippen molar-refractivity contribution in [3.05, 3.63) is 58.6 Å². The van der Waals surface area contributed by atoms with E-state index >= 15 is 0 Å². The maximum Gasteiger partial charge on any atom is 0.254 e. The summed E-state index contributed by atoms with van der Waals surface area (Å²) in [5.74, 6) is -0.324. The van der Waals surface area contributed by atoms with Gasteiger partial charge in [0.05, 0.1) is 10.7 Å². The van der Waals surface area contributed by atoms with E-state index < -0.39 is 6.04 Å². The van der Waals surface area contributed by atoms with Gasteiger partial charge in [-0.2, -0.15) is 0 Å². The molecule has 0 aromatic heterocycles. The van der Waals surface area contributed by atoms with Gasteiger partial charge in [-0.1, -0.05) is 29.8 Å². The Labute approximate surface area is 164 Å². The molecule has 1 unspecified atom stereocenters.